The molecule has 1 aromatic carbocycles. The van der Waals surface area contributed by atoms with Gasteiger partial charge in [-0.25, -0.2) is 19.2 Å². The van der Waals surface area contributed by atoms with Crippen LogP contribution in [-0.4, -0.2) is 29.1 Å². The van der Waals surface area contributed by atoms with Crippen LogP contribution in [0.15, 0.2) is 30.5 Å². The van der Waals surface area contributed by atoms with Crippen molar-refractivity contribution in [1.29, 1.82) is 0 Å². The minimum Gasteiger partial charge on any atom is -0.357 e. The molecule has 0 unspecified atom stereocenters. The van der Waals surface area contributed by atoms with E-state index >= 15 is 0 Å². The molecule has 1 aliphatic rings. The first-order valence-electron chi connectivity index (χ1n) is 8.18. The van der Waals surface area contributed by atoms with E-state index in [1.54, 1.807) is 6.20 Å². The number of benzene rings is 1. The van der Waals surface area contributed by atoms with Crippen molar-refractivity contribution < 1.29 is 9.18 Å². The van der Waals surface area contributed by atoms with Crippen molar-refractivity contribution in [2.45, 2.75) is 25.8 Å². The Balaban J connectivity index is 1.55. The first-order chi connectivity index (χ1) is 12.1. The summed E-state index contributed by atoms with van der Waals surface area (Å²) in [6, 6.07) is 5.44. The first-order valence-corrected chi connectivity index (χ1v) is 8.56. The van der Waals surface area contributed by atoms with E-state index in [1.807, 2.05) is 6.07 Å². The lowest BCUT2D eigenvalue weighted by atomic mass is 10.1. The van der Waals surface area contributed by atoms with Gasteiger partial charge in [0.05, 0.1) is 11.6 Å². The number of nitrogens with zero attached hydrogens (tertiary/aromatic N) is 3. The minimum absolute atomic E-state index is 0.0460. The second-order valence-corrected chi connectivity index (χ2v) is 6.22. The van der Waals surface area contributed by atoms with E-state index in [0.717, 1.165) is 18.9 Å². The number of piperidine rings is 1. The highest BCUT2D eigenvalue weighted by Gasteiger charge is 2.13. The van der Waals surface area contributed by atoms with Crippen molar-refractivity contribution in [2.24, 2.45) is 0 Å². The molecule has 1 saturated heterocycles. The summed E-state index contributed by atoms with van der Waals surface area (Å²) in [5.74, 6) is 0.892. The molecule has 2 aromatic rings. The molecule has 6 nitrogen and oxygen atoms in total. The molecule has 0 aliphatic carbocycles. The van der Waals surface area contributed by atoms with E-state index in [9.17, 15) is 9.18 Å². The Morgan fingerprint density at radius 3 is 2.80 bits per heavy atom. The second-order valence-electron chi connectivity index (χ2n) is 5.82. The standard InChI is InChI=1S/C17H19ClFN5O/c18-13-10-12(4-5-14(13)19)22-17(25)21-11-15-20-7-6-16(23-15)24-8-2-1-3-9-24/h4-7,10H,1-3,8-9,11H2,(H2,21,22,25). The Morgan fingerprint density at radius 1 is 1.24 bits per heavy atom. The van der Waals surface area contributed by atoms with Crippen LogP contribution < -0.4 is 15.5 Å². The summed E-state index contributed by atoms with van der Waals surface area (Å²) >= 11 is 5.69. The van der Waals surface area contributed by atoms with Crippen molar-refractivity contribution >= 4 is 29.1 Å². The monoisotopic (exact) mass is 363 g/mol. The van der Waals surface area contributed by atoms with Crippen molar-refractivity contribution in [3.8, 4) is 0 Å². The third kappa shape index (κ3) is 4.79. The average Bonchev–Trinajstić information content (AvgIpc) is 2.64. The Bertz CT molecular complexity index is 752. The number of nitrogens with one attached hydrogen (secondary N) is 2. The summed E-state index contributed by atoms with van der Waals surface area (Å²) in [6.07, 6.45) is 5.29. The predicted molar refractivity (Wildman–Crippen MR) is 95.4 cm³/mol. The topological polar surface area (TPSA) is 70.2 Å². The number of hydrogen-bond donors (Lipinski definition) is 2. The smallest absolute Gasteiger partial charge is 0.319 e. The van der Waals surface area contributed by atoms with Crippen LogP contribution >= 0.6 is 11.6 Å². The molecule has 1 fully saturated rings. The van der Waals surface area contributed by atoms with E-state index in [1.165, 1.54) is 37.5 Å². The van der Waals surface area contributed by atoms with Crippen molar-refractivity contribution in [3.63, 3.8) is 0 Å². The molecule has 2 heterocycles. The number of urea groups is 1. The van der Waals surface area contributed by atoms with Crippen LogP contribution in [0.2, 0.25) is 5.02 Å². The maximum Gasteiger partial charge on any atom is 0.319 e. The van der Waals surface area contributed by atoms with Crippen molar-refractivity contribution in [2.75, 3.05) is 23.3 Å². The molecule has 1 aromatic heterocycles. The van der Waals surface area contributed by atoms with Gasteiger partial charge in [-0.1, -0.05) is 11.6 Å². The number of carbonyl (C=O) groups is 1. The molecule has 25 heavy (non-hydrogen) atoms. The summed E-state index contributed by atoms with van der Waals surface area (Å²) < 4.78 is 13.1. The fourth-order valence-corrected chi connectivity index (χ4v) is 2.86. The van der Waals surface area contributed by atoms with E-state index in [4.69, 9.17) is 11.6 Å². The number of hydrogen-bond acceptors (Lipinski definition) is 4. The van der Waals surface area contributed by atoms with Crippen molar-refractivity contribution in [1.82, 2.24) is 15.3 Å². The summed E-state index contributed by atoms with van der Waals surface area (Å²) in [4.78, 5) is 22.9. The predicted octanol–water partition coefficient (Wildman–Crippen LogP) is 3.58. The molecular formula is C17H19ClFN5O. The first kappa shape index (κ1) is 17.4. The van der Waals surface area contributed by atoms with E-state index in [-0.39, 0.29) is 11.6 Å². The molecule has 0 radical (unpaired) electrons. The number of anilines is 2. The summed E-state index contributed by atoms with van der Waals surface area (Å²) in [7, 11) is 0. The average molecular weight is 364 g/mol. The third-order valence-electron chi connectivity index (χ3n) is 3.96. The zero-order valence-electron chi connectivity index (χ0n) is 13.6. The minimum atomic E-state index is -0.532. The highest BCUT2D eigenvalue weighted by atomic mass is 35.5. The van der Waals surface area contributed by atoms with Gasteiger partial charge in [0.25, 0.3) is 0 Å². The molecule has 0 atom stereocenters. The zero-order valence-corrected chi connectivity index (χ0v) is 14.4. The summed E-state index contributed by atoms with van der Waals surface area (Å²) in [6.45, 7) is 2.19. The number of amides is 2. The van der Waals surface area contributed by atoms with Gasteiger partial charge in [0.15, 0.2) is 0 Å². The van der Waals surface area contributed by atoms with Crippen LogP contribution in [0.25, 0.3) is 0 Å². The van der Waals surface area contributed by atoms with Gasteiger partial charge in [-0.2, -0.15) is 0 Å². The van der Waals surface area contributed by atoms with E-state index < -0.39 is 11.8 Å². The van der Waals surface area contributed by atoms with Crippen LogP contribution in [0.1, 0.15) is 25.1 Å². The number of halogens is 2. The maximum absolute atomic E-state index is 13.1. The van der Waals surface area contributed by atoms with Gasteiger partial charge in [-0.3, -0.25) is 0 Å². The largest absolute Gasteiger partial charge is 0.357 e. The molecule has 1 aliphatic heterocycles. The molecule has 2 N–H and O–H groups in total. The van der Waals surface area contributed by atoms with Crippen LogP contribution in [0.5, 0.6) is 0 Å². The number of carbonyl (C=O) groups excluding carboxylic acids is 1. The van der Waals surface area contributed by atoms with E-state index in [2.05, 4.69) is 25.5 Å². The summed E-state index contributed by atoms with van der Waals surface area (Å²) in [5, 5.41) is 5.23. The molecule has 8 heteroatoms. The molecule has 0 saturated carbocycles. The van der Waals surface area contributed by atoms with Gasteiger partial charge in [0.2, 0.25) is 0 Å². The quantitative estimate of drug-likeness (QED) is 0.871. The molecule has 0 spiro atoms. The van der Waals surface area contributed by atoms with Gasteiger partial charge in [-0.15, -0.1) is 0 Å². The van der Waals surface area contributed by atoms with Gasteiger partial charge in [0, 0.05) is 25.0 Å². The van der Waals surface area contributed by atoms with Gasteiger partial charge < -0.3 is 15.5 Å². The SMILES string of the molecule is O=C(NCc1nccc(N2CCCCC2)n1)Nc1ccc(F)c(Cl)c1. The van der Waals surface area contributed by atoms with Crippen LogP contribution in [0.3, 0.4) is 0 Å². The molecule has 3 rings (SSSR count). The van der Waals surface area contributed by atoms with Gasteiger partial charge in [0.1, 0.15) is 17.5 Å². The number of aromatic nitrogens is 2. The van der Waals surface area contributed by atoms with Crippen LogP contribution in [0.4, 0.5) is 20.7 Å². The normalized spacial score (nSPS) is 14.2. The Kier molecular flexibility index (Phi) is 5.65. The second kappa shape index (κ2) is 8.11. The molecular weight excluding hydrogens is 345 g/mol. The lowest BCUT2D eigenvalue weighted by Gasteiger charge is -2.27. The fourth-order valence-electron chi connectivity index (χ4n) is 2.68. The Labute approximate surface area is 150 Å². The van der Waals surface area contributed by atoms with Crippen LogP contribution in [-0.2, 0) is 6.54 Å². The highest BCUT2D eigenvalue weighted by molar-refractivity contribution is 6.31. The molecule has 0 bridgehead atoms. The lowest BCUT2D eigenvalue weighted by Crippen LogP contribution is -2.31. The Morgan fingerprint density at radius 2 is 2.04 bits per heavy atom. The Hall–Kier alpha value is -2.41. The molecule has 132 valence electrons. The van der Waals surface area contributed by atoms with Crippen molar-refractivity contribution in [3.05, 3.63) is 47.1 Å². The van der Waals surface area contributed by atoms with Gasteiger partial charge in [-0.05, 0) is 43.5 Å². The number of rotatable bonds is 4. The third-order valence-corrected chi connectivity index (χ3v) is 4.25. The maximum atomic E-state index is 13.1. The fraction of sp³-hybridized carbons (Fsp3) is 0.353. The lowest BCUT2D eigenvalue weighted by molar-refractivity contribution is 0.251. The van der Waals surface area contributed by atoms with E-state index in [0.29, 0.717) is 11.5 Å². The van der Waals surface area contributed by atoms with Gasteiger partial charge >= 0.3 is 6.03 Å². The molecule has 2 amide bonds. The summed E-state index contributed by atoms with van der Waals surface area (Å²) in [5.41, 5.74) is 0.409. The van der Waals surface area contributed by atoms with Crippen LogP contribution in [0, 0.1) is 5.82 Å². The zero-order chi connectivity index (χ0) is 17.6. The highest BCUT2D eigenvalue weighted by Crippen LogP contribution is 2.19.